The van der Waals surface area contributed by atoms with Gasteiger partial charge in [0.05, 0.1) is 4.70 Å². The smallest absolute Gasteiger partial charge is 0.270 e. The number of carbonyl (C=O) groups excluding carboxylic acids is 1. The molecule has 0 aliphatic rings. The van der Waals surface area contributed by atoms with Gasteiger partial charge in [-0.25, -0.2) is 0 Å². The maximum atomic E-state index is 11.7. The summed E-state index contributed by atoms with van der Waals surface area (Å²) in [5.41, 5.74) is 6.57. The molecule has 0 aliphatic carbocycles. The molecule has 4 rings (SSSR count). The van der Waals surface area contributed by atoms with Crippen LogP contribution in [0.4, 0.5) is 11.6 Å². The first kappa shape index (κ1) is 15.6. The molecule has 0 saturated carbocycles. The Bertz CT molecular complexity index is 1070. The van der Waals surface area contributed by atoms with Crippen LogP contribution in [-0.2, 0) is 0 Å². The molecule has 25 heavy (non-hydrogen) atoms. The van der Waals surface area contributed by atoms with E-state index < -0.39 is 5.91 Å². The second-order valence-electron chi connectivity index (χ2n) is 5.33. The summed E-state index contributed by atoms with van der Waals surface area (Å²) in [5.74, 6) is 0.716. The van der Waals surface area contributed by atoms with Gasteiger partial charge in [-0.2, -0.15) is 0 Å². The number of halogens is 1. The van der Waals surface area contributed by atoms with Gasteiger partial charge in [0.15, 0.2) is 11.5 Å². The van der Waals surface area contributed by atoms with Gasteiger partial charge in [0.25, 0.3) is 5.91 Å². The first-order valence-electron chi connectivity index (χ1n) is 7.38. The topological polar surface area (TPSA) is 96.7 Å². The molecule has 124 valence electrons. The third-order valence-electron chi connectivity index (χ3n) is 3.65. The molecule has 1 amide bonds. The van der Waals surface area contributed by atoms with E-state index in [2.05, 4.69) is 20.5 Å². The molecule has 4 N–H and O–H groups in total. The normalized spacial score (nSPS) is 10.9. The quantitative estimate of drug-likeness (QED) is 0.502. The second kappa shape index (κ2) is 6.19. The Labute approximate surface area is 151 Å². The monoisotopic (exact) mass is 369 g/mol. The molecule has 0 fully saturated rings. The van der Waals surface area contributed by atoms with Gasteiger partial charge in [0.2, 0.25) is 0 Å². The molecular formula is C17H12ClN5OS. The van der Waals surface area contributed by atoms with Crippen LogP contribution in [0.1, 0.15) is 10.5 Å². The summed E-state index contributed by atoms with van der Waals surface area (Å²) in [4.78, 5) is 15.7. The zero-order chi connectivity index (χ0) is 17.4. The van der Waals surface area contributed by atoms with Gasteiger partial charge in [-0.1, -0.05) is 23.7 Å². The molecule has 0 aliphatic heterocycles. The third kappa shape index (κ3) is 2.95. The zero-order valence-corrected chi connectivity index (χ0v) is 14.4. The molecule has 0 unspecified atom stereocenters. The molecule has 0 spiro atoms. The minimum atomic E-state index is -0.608. The van der Waals surface area contributed by atoms with Crippen molar-refractivity contribution in [2.24, 2.45) is 5.73 Å². The summed E-state index contributed by atoms with van der Waals surface area (Å²) < 4.78 is 0.687. The average Bonchev–Trinajstić information content (AvgIpc) is 3.24. The lowest BCUT2D eigenvalue weighted by Crippen LogP contribution is -2.14. The van der Waals surface area contributed by atoms with Crippen LogP contribution in [0.2, 0.25) is 5.02 Å². The van der Waals surface area contributed by atoms with Crippen LogP contribution >= 0.6 is 22.9 Å². The Morgan fingerprint density at radius 2 is 2.08 bits per heavy atom. The van der Waals surface area contributed by atoms with Gasteiger partial charge in [0, 0.05) is 21.5 Å². The number of hydrogen-bond acceptors (Lipinski definition) is 5. The molecular weight excluding hydrogens is 358 g/mol. The highest BCUT2D eigenvalue weighted by Crippen LogP contribution is 2.38. The molecule has 6 nitrogen and oxygen atoms in total. The van der Waals surface area contributed by atoms with E-state index in [9.17, 15) is 4.79 Å². The predicted molar refractivity (Wildman–Crippen MR) is 100 cm³/mol. The molecule has 1 aromatic carbocycles. The number of fused-ring (bicyclic) bond motifs is 1. The van der Waals surface area contributed by atoms with Crippen LogP contribution in [0.15, 0.2) is 48.7 Å². The number of H-pyrrole nitrogens is 1. The summed E-state index contributed by atoms with van der Waals surface area (Å²) in [6.07, 6.45) is 1.80. The molecule has 4 aromatic rings. The molecule has 0 radical (unpaired) electrons. The number of thiophene rings is 1. The molecule has 3 aromatic heterocycles. The number of hydrogen-bond donors (Lipinski definition) is 3. The minimum absolute atomic E-state index is 0.158. The second-order valence-corrected chi connectivity index (χ2v) is 6.82. The highest BCUT2D eigenvalue weighted by atomic mass is 35.5. The highest BCUT2D eigenvalue weighted by Gasteiger charge is 2.18. The van der Waals surface area contributed by atoms with Crippen molar-refractivity contribution in [3.05, 3.63) is 59.4 Å². The lowest BCUT2D eigenvalue weighted by atomic mass is 10.1. The highest BCUT2D eigenvalue weighted by molar-refractivity contribution is 7.22. The number of amides is 1. The van der Waals surface area contributed by atoms with Gasteiger partial charge in [0.1, 0.15) is 5.82 Å². The van der Waals surface area contributed by atoms with Crippen molar-refractivity contribution < 1.29 is 4.79 Å². The number of nitrogens with one attached hydrogen (secondary N) is 2. The maximum absolute atomic E-state index is 11.7. The number of aromatic nitrogens is 3. The fourth-order valence-electron chi connectivity index (χ4n) is 2.52. The van der Waals surface area contributed by atoms with Crippen LogP contribution < -0.4 is 11.1 Å². The Balaban J connectivity index is 1.90. The van der Waals surface area contributed by atoms with Gasteiger partial charge in [-0.05, 0) is 35.9 Å². The fraction of sp³-hybridized carbons (Fsp3) is 0. The van der Waals surface area contributed by atoms with E-state index in [-0.39, 0.29) is 5.69 Å². The van der Waals surface area contributed by atoms with Crippen LogP contribution in [0.5, 0.6) is 0 Å². The lowest BCUT2D eigenvalue weighted by Gasteiger charge is -2.05. The first-order valence-corrected chi connectivity index (χ1v) is 8.57. The van der Waals surface area contributed by atoms with Gasteiger partial charge < -0.3 is 16.0 Å². The standard InChI is InChI=1S/C17H12ClN5OS/c18-10-4-1-3-9(7-10)12-8-11-15(25-12)14(16(19)24)22-23-17(11)21-13-5-2-6-20-13/h1-8,20H,(H2,19,24)(H,21,23). The van der Waals surface area contributed by atoms with Crippen LogP contribution in [0.25, 0.3) is 20.5 Å². The first-order chi connectivity index (χ1) is 12.1. The fourth-order valence-corrected chi connectivity index (χ4v) is 3.85. The van der Waals surface area contributed by atoms with Crippen molar-refractivity contribution in [3.8, 4) is 10.4 Å². The van der Waals surface area contributed by atoms with Crippen LogP contribution in [0.3, 0.4) is 0 Å². The lowest BCUT2D eigenvalue weighted by molar-refractivity contribution is 0.0996. The molecule has 8 heteroatoms. The van der Waals surface area contributed by atoms with E-state index in [0.29, 0.717) is 15.5 Å². The SMILES string of the molecule is NC(=O)c1nnc(Nc2ccc[nH]2)c2cc(-c3cccc(Cl)c3)sc12. The van der Waals surface area contributed by atoms with Gasteiger partial charge >= 0.3 is 0 Å². The summed E-state index contributed by atoms with van der Waals surface area (Å²) in [5, 5.41) is 12.7. The number of benzene rings is 1. The van der Waals surface area contributed by atoms with E-state index >= 15 is 0 Å². The largest absolute Gasteiger partial charge is 0.364 e. The Hall–Kier alpha value is -2.90. The number of nitrogens with zero attached hydrogens (tertiary/aromatic N) is 2. The number of rotatable bonds is 4. The Morgan fingerprint density at radius 1 is 1.20 bits per heavy atom. The van der Waals surface area contributed by atoms with Crippen LogP contribution in [-0.4, -0.2) is 21.1 Å². The van der Waals surface area contributed by atoms with Crippen molar-refractivity contribution in [2.45, 2.75) is 0 Å². The molecule has 3 heterocycles. The van der Waals surface area contributed by atoms with E-state index in [1.165, 1.54) is 11.3 Å². The van der Waals surface area contributed by atoms with E-state index in [4.69, 9.17) is 17.3 Å². The van der Waals surface area contributed by atoms with Crippen molar-refractivity contribution in [1.29, 1.82) is 0 Å². The van der Waals surface area contributed by atoms with Crippen molar-refractivity contribution >= 4 is 50.6 Å². The van der Waals surface area contributed by atoms with Gasteiger partial charge in [-0.15, -0.1) is 21.5 Å². The number of primary amides is 1. The van der Waals surface area contributed by atoms with Crippen LogP contribution in [0, 0.1) is 0 Å². The zero-order valence-electron chi connectivity index (χ0n) is 12.8. The maximum Gasteiger partial charge on any atom is 0.270 e. The molecule has 0 bridgehead atoms. The molecule has 0 saturated heterocycles. The van der Waals surface area contributed by atoms with E-state index in [1.54, 1.807) is 6.20 Å². The van der Waals surface area contributed by atoms with Crippen molar-refractivity contribution in [3.63, 3.8) is 0 Å². The third-order valence-corrected chi connectivity index (χ3v) is 5.07. The predicted octanol–water partition coefficient (Wildman–Crippen LogP) is 4.18. The summed E-state index contributed by atoms with van der Waals surface area (Å²) in [6.45, 7) is 0. The summed E-state index contributed by atoms with van der Waals surface area (Å²) >= 11 is 7.52. The summed E-state index contributed by atoms with van der Waals surface area (Å²) in [6, 6.07) is 13.2. The number of anilines is 2. The molecule has 0 atom stereocenters. The number of nitrogens with two attached hydrogens (primary N) is 1. The minimum Gasteiger partial charge on any atom is -0.364 e. The number of carbonyl (C=O) groups is 1. The Morgan fingerprint density at radius 3 is 2.80 bits per heavy atom. The summed E-state index contributed by atoms with van der Waals surface area (Å²) in [7, 11) is 0. The average molecular weight is 370 g/mol. The number of aromatic amines is 1. The van der Waals surface area contributed by atoms with Crippen molar-refractivity contribution in [2.75, 3.05) is 5.32 Å². The Kier molecular flexibility index (Phi) is 3.87. The van der Waals surface area contributed by atoms with Gasteiger partial charge in [-0.3, -0.25) is 4.79 Å². The van der Waals surface area contributed by atoms with E-state index in [0.717, 1.165) is 21.6 Å². The van der Waals surface area contributed by atoms with Crippen molar-refractivity contribution in [1.82, 2.24) is 15.2 Å². The van der Waals surface area contributed by atoms with E-state index in [1.807, 2.05) is 42.5 Å².